The minimum Gasteiger partial charge on any atom is -0.494 e. The predicted molar refractivity (Wildman–Crippen MR) is 155 cm³/mol. The van der Waals surface area contributed by atoms with Gasteiger partial charge in [0.2, 0.25) is 0 Å². The zero-order valence-corrected chi connectivity index (χ0v) is 23.6. The van der Waals surface area contributed by atoms with E-state index in [1.54, 1.807) is 54.6 Å². The molecule has 0 unspecified atom stereocenters. The highest BCUT2D eigenvalue weighted by Gasteiger charge is 2.20. The number of hydrogen-bond acceptors (Lipinski definition) is 8. The Balaban J connectivity index is 1.74. The molecule has 0 aliphatic rings. The molecule has 0 atom stereocenters. The molecule has 0 bridgehead atoms. The molecule has 0 aliphatic carbocycles. The zero-order chi connectivity index (χ0) is 29.5. The molecule has 0 saturated heterocycles. The molecule has 0 fully saturated rings. The molecule has 0 heterocycles. The first-order valence-electron chi connectivity index (χ1n) is 13.8. The van der Waals surface area contributed by atoms with Gasteiger partial charge >= 0.3 is 17.9 Å². The lowest BCUT2D eigenvalue weighted by Gasteiger charge is -2.13. The third-order valence-corrected chi connectivity index (χ3v) is 5.85. The average molecular weight is 561 g/mol. The zero-order valence-electron chi connectivity index (χ0n) is 23.6. The van der Waals surface area contributed by atoms with Crippen LogP contribution in [0.2, 0.25) is 0 Å². The normalized spacial score (nSPS) is 10.4. The highest BCUT2D eigenvalue weighted by atomic mass is 16.6. The molecule has 3 rings (SSSR count). The summed E-state index contributed by atoms with van der Waals surface area (Å²) in [4.78, 5) is 38.5. The monoisotopic (exact) mass is 560 g/mol. The van der Waals surface area contributed by atoms with Crippen LogP contribution in [-0.2, 0) is 4.74 Å². The molecular formula is C33H36O8. The second-order valence-electron chi connectivity index (χ2n) is 9.10. The number of unbranched alkanes of at least 4 members (excludes halogenated alkanes) is 2. The summed E-state index contributed by atoms with van der Waals surface area (Å²) in [7, 11) is 0. The van der Waals surface area contributed by atoms with Crippen LogP contribution in [0.3, 0.4) is 0 Å². The molecule has 0 N–H and O–H groups in total. The third kappa shape index (κ3) is 9.83. The first kappa shape index (κ1) is 30.9. The van der Waals surface area contributed by atoms with E-state index in [1.165, 1.54) is 18.2 Å². The lowest BCUT2D eigenvalue weighted by molar-refractivity contribution is 0.0503. The number of esters is 3. The van der Waals surface area contributed by atoms with Gasteiger partial charge in [-0.1, -0.05) is 32.8 Å². The lowest BCUT2D eigenvalue weighted by Crippen LogP contribution is -2.14. The van der Waals surface area contributed by atoms with Crippen LogP contribution in [0.15, 0.2) is 79.4 Å². The van der Waals surface area contributed by atoms with Crippen LogP contribution in [0.25, 0.3) is 0 Å². The molecule has 0 saturated carbocycles. The fraction of sp³-hybridized carbons (Fsp3) is 0.303. The van der Waals surface area contributed by atoms with Crippen LogP contribution >= 0.6 is 0 Å². The molecule has 3 aromatic carbocycles. The number of rotatable bonds is 16. The maximum absolute atomic E-state index is 12.9. The minimum absolute atomic E-state index is 0.0322. The molecule has 41 heavy (non-hydrogen) atoms. The summed E-state index contributed by atoms with van der Waals surface area (Å²) < 4.78 is 27.6. The summed E-state index contributed by atoms with van der Waals surface area (Å²) in [5.74, 6) is -0.674. The van der Waals surface area contributed by atoms with Crippen LogP contribution in [-0.4, -0.2) is 37.7 Å². The van der Waals surface area contributed by atoms with Gasteiger partial charge < -0.3 is 23.7 Å². The van der Waals surface area contributed by atoms with Crippen molar-refractivity contribution in [3.8, 4) is 23.0 Å². The van der Waals surface area contributed by atoms with E-state index in [4.69, 9.17) is 23.7 Å². The Morgan fingerprint density at radius 2 is 1.17 bits per heavy atom. The first-order valence-corrected chi connectivity index (χ1v) is 13.8. The summed E-state index contributed by atoms with van der Waals surface area (Å²) in [5, 5.41) is 0. The van der Waals surface area contributed by atoms with E-state index >= 15 is 0 Å². The van der Waals surface area contributed by atoms with E-state index in [0.717, 1.165) is 25.7 Å². The van der Waals surface area contributed by atoms with Gasteiger partial charge in [0.05, 0.1) is 30.9 Å². The topological polar surface area (TPSA) is 97.4 Å². The maximum Gasteiger partial charge on any atom is 0.343 e. The summed E-state index contributed by atoms with van der Waals surface area (Å²) >= 11 is 0. The molecule has 216 valence electrons. The van der Waals surface area contributed by atoms with Gasteiger partial charge in [0.1, 0.15) is 28.6 Å². The third-order valence-electron chi connectivity index (χ3n) is 5.85. The second kappa shape index (κ2) is 16.5. The second-order valence-corrected chi connectivity index (χ2v) is 9.10. The summed E-state index contributed by atoms with van der Waals surface area (Å²) in [6.45, 7) is 9.04. The average Bonchev–Trinajstić information content (AvgIpc) is 2.99. The molecule has 0 aromatic heterocycles. The van der Waals surface area contributed by atoms with Gasteiger partial charge in [0.15, 0.2) is 0 Å². The summed E-state index contributed by atoms with van der Waals surface area (Å²) in [6.07, 6.45) is 5.97. The van der Waals surface area contributed by atoms with Gasteiger partial charge in [-0.2, -0.15) is 0 Å². The molecule has 0 radical (unpaired) electrons. The van der Waals surface area contributed by atoms with Gasteiger partial charge in [-0.05, 0) is 86.0 Å². The number of carbonyl (C=O) groups is 3. The molecule has 0 spiro atoms. The highest BCUT2D eigenvalue weighted by Crippen LogP contribution is 2.27. The number of hydrogen-bond donors (Lipinski definition) is 0. The lowest BCUT2D eigenvalue weighted by atomic mass is 10.1. The van der Waals surface area contributed by atoms with Crippen LogP contribution in [0.1, 0.15) is 77.0 Å². The van der Waals surface area contributed by atoms with Crippen molar-refractivity contribution < 1.29 is 38.1 Å². The van der Waals surface area contributed by atoms with E-state index in [2.05, 4.69) is 20.4 Å². The molecule has 8 heteroatoms. The Bertz CT molecular complexity index is 1300. The fourth-order valence-corrected chi connectivity index (χ4v) is 3.50. The first-order chi connectivity index (χ1) is 19.9. The van der Waals surface area contributed by atoms with Crippen molar-refractivity contribution in [2.75, 3.05) is 19.8 Å². The van der Waals surface area contributed by atoms with Gasteiger partial charge in [0, 0.05) is 0 Å². The van der Waals surface area contributed by atoms with Gasteiger partial charge in [-0.25, -0.2) is 14.4 Å². The maximum atomic E-state index is 12.9. The summed E-state index contributed by atoms with van der Waals surface area (Å²) in [6, 6.07) is 17.3. The van der Waals surface area contributed by atoms with Crippen molar-refractivity contribution in [1.82, 2.24) is 0 Å². The van der Waals surface area contributed by atoms with Crippen LogP contribution in [0, 0.1) is 0 Å². The molecule has 0 aliphatic heterocycles. The number of ether oxygens (including phenoxy) is 5. The van der Waals surface area contributed by atoms with Crippen molar-refractivity contribution in [2.45, 2.75) is 46.0 Å². The van der Waals surface area contributed by atoms with E-state index in [0.29, 0.717) is 36.7 Å². The SMILES string of the molecule is C=CCCOC(=O)c1cc(OC(=O)c2ccc(OCCCC)cc2)ccc1OC(=O)c1ccc(OCCCC)cc1. The Labute approximate surface area is 240 Å². The van der Waals surface area contributed by atoms with E-state index < -0.39 is 17.9 Å². The molecular weight excluding hydrogens is 524 g/mol. The van der Waals surface area contributed by atoms with Gasteiger partial charge in [0.25, 0.3) is 0 Å². The molecule has 3 aromatic rings. The number of benzene rings is 3. The van der Waals surface area contributed by atoms with Crippen molar-refractivity contribution in [3.05, 3.63) is 96.1 Å². The standard InChI is InChI=1S/C33H36O8/c1-4-7-20-37-26-14-10-24(11-15-26)31(34)40-28-18-19-30(29(23-28)33(36)39-22-9-6-3)41-32(35)25-12-16-27(17-13-25)38-21-8-5-2/h6,10-19,23H,3-5,7-9,20-22H2,1-2H3. The Hall–Kier alpha value is -4.59. The quantitative estimate of drug-likeness (QED) is 0.0784. The van der Waals surface area contributed by atoms with Crippen molar-refractivity contribution in [1.29, 1.82) is 0 Å². The molecule has 8 nitrogen and oxygen atoms in total. The van der Waals surface area contributed by atoms with Crippen LogP contribution in [0.5, 0.6) is 23.0 Å². The van der Waals surface area contributed by atoms with E-state index in [9.17, 15) is 14.4 Å². The number of carbonyl (C=O) groups excluding carboxylic acids is 3. The van der Waals surface area contributed by atoms with Crippen LogP contribution in [0.4, 0.5) is 0 Å². The molecule has 0 amide bonds. The smallest absolute Gasteiger partial charge is 0.343 e. The summed E-state index contributed by atoms with van der Waals surface area (Å²) in [5.41, 5.74) is 0.518. The van der Waals surface area contributed by atoms with Crippen molar-refractivity contribution >= 4 is 17.9 Å². The predicted octanol–water partition coefficient (Wildman–Crippen LogP) is 7.22. The Morgan fingerprint density at radius 3 is 1.68 bits per heavy atom. The largest absolute Gasteiger partial charge is 0.494 e. The van der Waals surface area contributed by atoms with Gasteiger partial charge in [-0.3, -0.25) is 0 Å². The van der Waals surface area contributed by atoms with E-state index in [-0.39, 0.29) is 29.2 Å². The van der Waals surface area contributed by atoms with Crippen molar-refractivity contribution in [3.63, 3.8) is 0 Å². The highest BCUT2D eigenvalue weighted by molar-refractivity contribution is 5.97. The van der Waals surface area contributed by atoms with Crippen LogP contribution < -0.4 is 18.9 Å². The van der Waals surface area contributed by atoms with Crippen molar-refractivity contribution in [2.24, 2.45) is 0 Å². The Kier molecular flexibility index (Phi) is 12.5. The van der Waals surface area contributed by atoms with E-state index in [1.807, 2.05) is 0 Å². The van der Waals surface area contributed by atoms with Gasteiger partial charge in [-0.15, -0.1) is 6.58 Å². The minimum atomic E-state index is -0.735. The Morgan fingerprint density at radius 1 is 0.659 bits per heavy atom. The fourth-order valence-electron chi connectivity index (χ4n) is 3.50.